The lowest BCUT2D eigenvalue weighted by Crippen LogP contribution is -2.57. The summed E-state index contributed by atoms with van der Waals surface area (Å²) in [6, 6.07) is 0. The lowest BCUT2D eigenvalue weighted by atomic mass is 9.49. The maximum absolute atomic E-state index is 12.5. The van der Waals surface area contributed by atoms with Gasteiger partial charge >= 0.3 is 0 Å². The molecule has 0 aliphatic heterocycles. The number of fused-ring (bicyclic) bond motifs is 5. The van der Waals surface area contributed by atoms with Gasteiger partial charge in [0.05, 0.1) is 0 Å². The van der Waals surface area contributed by atoms with Crippen molar-refractivity contribution in [3.05, 3.63) is 23.8 Å². The molecule has 0 spiro atoms. The number of carbonyl (C=O) groups excluding carboxylic acids is 2. The van der Waals surface area contributed by atoms with Gasteiger partial charge in [0.15, 0.2) is 11.6 Å². The van der Waals surface area contributed by atoms with Crippen LogP contribution in [0, 0.1) is 29.1 Å². The Morgan fingerprint density at radius 1 is 1.28 bits per heavy atom. The van der Waals surface area contributed by atoms with Gasteiger partial charge < -0.3 is 5.11 Å². The van der Waals surface area contributed by atoms with Crippen LogP contribution in [0.25, 0.3) is 0 Å². The van der Waals surface area contributed by atoms with E-state index in [0.717, 1.165) is 50.5 Å². The highest BCUT2D eigenvalue weighted by Gasteiger charge is 2.67. The summed E-state index contributed by atoms with van der Waals surface area (Å²) in [6.45, 7) is 7.81. The maximum Gasteiger partial charge on any atom is 0.166 e. The number of ketones is 2. The van der Waals surface area contributed by atoms with Crippen LogP contribution in [0.15, 0.2) is 23.8 Å². The molecular formula is C22H30O3. The number of hydrogen-bond acceptors (Lipinski definition) is 3. The summed E-state index contributed by atoms with van der Waals surface area (Å²) in [5, 5.41) is 11.4. The van der Waals surface area contributed by atoms with E-state index in [-0.39, 0.29) is 11.2 Å². The number of allylic oxidation sites excluding steroid dienone is 1. The Morgan fingerprint density at radius 2 is 2.04 bits per heavy atom. The molecule has 0 saturated heterocycles. The molecule has 4 aliphatic carbocycles. The Morgan fingerprint density at radius 3 is 2.72 bits per heavy atom. The van der Waals surface area contributed by atoms with Gasteiger partial charge in [-0.05, 0) is 87.2 Å². The van der Waals surface area contributed by atoms with E-state index >= 15 is 0 Å². The highest BCUT2D eigenvalue weighted by molar-refractivity contribution is 5.91. The van der Waals surface area contributed by atoms with Crippen molar-refractivity contribution in [1.29, 1.82) is 0 Å². The van der Waals surface area contributed by atoms with Gasteiger partial charge in [0.25, 0.3) is 0 Å². The molecule has 0 aromatic rings. The van der Waals surface area contributed by atoms with Crippen LogP contribution in [0.5, 0.6) is 0 Å². The van der Waals surface area contributed by atoms with Crippen LogP contribution in [-0.4, -0.2) is 22.3 Å². The molecule has 4 aliphatic rings. The van der Waals surface area contributed by atoms with Crippen LogP contribution in [-0.2, 0) is 9.59 Å². The Kier molecular flexibility index (Phi) is 3.88. The molecule has 0 amide bonds. The fourth-order valence-corrected chi connectivity index (χ4v) is 7.25. The maximum atomic E-state index is 12.5. The first-order valence-corrected chi connectivity index (χ1v) is 10.00. The lowest BCUT2D eigenvalue weighted by Gasteiger charge is -2.56. The lowest BCUT2D eigenvalue weighted by molar-refractivity contribution is -0.156. The van der Waals surface area contributed by atoms with Gasteiger partial charge in [-0.25, -0.2) is 0 Å². The minimum absolute atomic E-state index is 0.125. The highest BCUT2D eigenvalue weighted by Crippen LogP contribution is 2.67. The SMILES string of the molecule is C=C1C[C@H]2[C@@H]3CCC4=CC(=O)CC[C@@H]4[C@H]3CC[C@]2(CC)[C@]1(O)C(C)=O. The summed E-state index contributed by atoms with van der Waals surface area (Å²) in [5.74, 6) is 2.24. The molecule has 6 atom stereocenters. The molecule has 0 radical (unpaired) electrons. The van der Waals surface area contributed by atoms with Crippen molar-refractivity contribution in [1.82, 2.24) is 0 Å². The zero-order chi connectivity index (χ0) is 18.0. The fourth-order valence-electron chi connectivity index (χ4n) is 7.25. The van der Waals surface area contributed by atoms with Crippen molar-refractivity contribution in [3.63, 3.8) is 0 Å². The van der Waals surface area contributed by atoms with Gasteiger partial charge in [-0.15, -0.1) is 0 Å². The van der Waals surface area contributed by atoms with E-state index in [1.807, 2.05) is 6.08 Å². The van der Waals surface area contributed by atoms with Crippen molar-refractivity contribution in [2.75, 3.05) is 0 Å². The first-order valence-electron chi connectivity index (χ1n) is 10.00. The zero-order valence-corrected chi connectivity index (χ0v) is 15.5. The van der Waals surface area contributed by atoms with Gasteiger partial charge in [0.2, 0.25) is 0 Å². The summed E-state index contributed by atoms with van der Waals surface area (Å²) in [5.41, 5.74) is 0.451. The third kappa shape index (κ3) is 2.08. The smallest absolute Gasteiger partial charge is 0.166 e. The molecule has 3 nitrogen and oxygen atoms in total. The minimum Gasteiger partial charge on any atom is -0.377 e. The van der Waals surface area contributed by atoms with Crippen molar-refractivity contribution in [2.24, 2.45) is 29.1 Å². The largest absolute Gasteiger partial charge is 0.377 e. The molecule has 25 heavy (non-hydrogen) atoms. The standard InChI is InChI=1S/C22H30O3/c1-4-21-10-9-18-17-8-6-16(24)12-15(17)5-7-19(18)20(21)11-13(2)22(21,25)14(3)23/h12,17-20,25H,2,4-11H2,1,3H3/t17-,18+,19+,20-,21-,22+/m0/s1. The molecule has 0 unspecified atom stereocenters. The van der Waals surface area contributed by atoms with Gasteiger partial charge in [-0.3, -0.25) is 9.59 Å². The predicted octanol–water partition coefficient (Wildman–Crippen LogP) is 4.00. The third-order valence-electron chi connectivity index (χ3n) is 8.35. The quantitative estimate of drug-likeness (QED) is 0.772. The van der Waals surface area contributed by atoms with E-state index in [9.17, 15) is 14.7 Å². The van der Waals surface area contributed by atoms with Crippen molar-refractivity contribution in [2.45, 2.75) is 70.8 Å². The highest BCUT2D eigenvalue weighted by atomic mass is 16.3. The van der Waals surface area contributed by atoms with E-state index in [4.69, 9.17) is 0 Å². The first-order chi connectivity index (χ1) is 11.8. The van der Waals surface area contributed by atoms with Crippen LogP contribution < -0.4 is 0 Å². The molecule has 1 N–H and O–H groups in total. The Labute approximate surface area is 150 Å². The fraction of sp³-hybridized carbons (Fsp3) is 0.727. The minimum atomic E-state index is -1.34. The van der Waals surface area contributed by atoms with Crippen molar-refractivity contribution >= 4 is 11.6 Å². The van der Waals surface area contributed by atoms with E-state index in [1.54, 1.807) is 0 Å². The van der Waals surface area contributed by atoms with Gasteiger partial charge in [0.1, 0.15) is 5.60 Å². The summed E-state index contributed by atoms with van der Waals surface area (Å²) >= 11 is 0. The molecule has 0 bridgehead atoms. The van der Waals surface area contributed by atoms with Crippen LogP contribution in [0.4, 0.5) is 0 Å². The van der Waals surface area contributed by atoms with E-state index in [2.05, 4.69) is 13.5 Å². The van der Waals surface area contributed by atoms with E-state index in [1.165, 1.54) is 12.5 Å². The Bertz CT molecular complexity index is 675. The number of aliphatic hydroxyl groups is 1. The van der Waals surface area contributed by atoms with E-state index in [0.29, 0.717) is 35.9 Å². The average molecular weight is 342 g/mol. The van der Waals surface area contributed by atoms with Crippen LogP contribution >= 0.6 is 0 Å². The molecule has 0 aromatic heterocycles. The molecular weight excluding hydrogens is 312 g/mol. The number of hydrogen-bond donors (Lipinski definition) is 1. The van der Waals surface area contributed by atoms with E-state index < -0.39 is 5.60 Å². The zero-order valence-electron chi connectivity index (χ0n) is 15.5. The molecule has 136 valence electrons. The summed E-state index contributed by atoms with van der Waals surface area (Å²) in [6.07, 6.45) is 9.30. The van der Waals surface area contributed by atoms with Crippen LogP contribution in [0.3, 0.4) is 0 Å². The topological polar surface area (TPSA) is 54.4 Å². The molecule has 3 fully saturated rings. The third-order valence-corrected chi connectivity index (χ3v) is 8.35. The van der Waals surface area contributed by atoms with Gasteiger partial charge in [0, 0.05) is 11.8 Å². The normalized spacial score (nSPS) is 46.1. The number of rotatable bonds is 2. The van der Waals surface area contributed by atoms with Crippen molar-refractivity contribution < 1.29 is 14.7 Å². The van der Waals surface area contributed by atoms with Crippen molar-refractivity contribution in [3.8, 4) is 0 Å². The average Bonchev–Trinajstić information content (AvgIpc) is 2.83. The predicted molar refractivity (Wildman–Crippen MR) is 96.9 cm³/mol. The second kappa shape index (κ2) is 5.64. The Balaban J connectivity index is 1.72. The van der Waals surface area contributed by atoms with Crippen LogP contribution in [0.1, 0.15) is 65.2 Å². The second-order valence-electron chi connectivity index (χ2n) is 8.93. The summed E-state index contributed by atoms with van der Waals surface area (Å²) in [7, 11) is 0. The molecule has 3 heteroatoms. The monoisotopic (exact) mass is 342 g/mol. The Hall–Kier alpha value is -1.22. The van der Waals surface area contributed by atoms with Crippen LogP contribution in [0.2, 0.25) is 0 Å². The van der Waals surface area contributed by atoms with Gasteiger partial charge in [-0.1, -0.05) is 19.1 Å². The molecule has 0 heterocycles. The number of carbonyl (C=O) groups is 2. The second-order valence-corrected chi connectivity index (χ2v) is 8.93. The molecule has 4 rings (SSSR count). The molecule has 0 aromatic carbocycles. The molecule has 3 saturated carbocycles. The summed E-state index contributed by atoms with van der Waals surface area (Å²) < 4.78 is 0. The van der Waals surface area contributed by atoms with Gasteiger partial charge in [-0.2, -0.15) is 0 Å². The number of Topliss-reactive ketones (excluding diaryl/α,β-unsaturated/α-hetero) is 1. The summed E-state index contributed by atoms with van der Waals surface area (Å²) in [4.78, 5) is 24.3. The first kappa shape index (κ1) is 17.2.